The molecule has 2 aromatic carbocycles. The van der Waals surface area contributed by atoms with Gasteiger partial charge in [0.2, 0.25) is 0 Å². The maximum Gasteiger partial charge on any atom is 0.173 e. The van der Waals surface area contributed by atoms with Gasteiger partial charge in [0, 0.05) is 38.3 Å². The Labute approximate surface area is 200 Å². The molecule has 182 valence electrons. The van der Waals surface area contributed by atoms with Crippen molar-refractivity contribution < 1.29 is 13.9 Å². The fourth-order valence-corrected chi connectivity index (χ4v) is 4.50. The third-order valence-electron chi connectivity index (χ3n) is 6.32. The van der Waals surface area contributed by atoms with E-state index in [9.17, 15) is 4.39 Å². The number of tetrazole rings is 1. The van der Waals surface area contributed by atoms with Gasteiger partial charge in [0.1, 0.15) is 11.9 Å². The quantitative estimate of drug-likeness (QED) is 0.473. The van der Waals surface area contributed by atoms with Crippen LogP contribution < -0.4 is 14.4 Å². The Morgan fingerprint density at radius 3 is 2.41 bits per heavy atom. The average Bonchev–Trinajstić information content (AvgIpc) is 3.31. The van der Waals surface area contributed by atoms with Crippen molar-refractivity contribution in [2.75, 3.05) is 45.3 Å². The van der Waals surface area contributed by atoms with Crippen LogP contribution in [-0.2, 0) is 6.54 Å². The second-order valence-electron chi connectivity index (χ2n) is 8.90. The van der Waals surface area contributed by atoms with Gasteiger partial charge in [-0.05, 0) is 41.0 Å². The molecule has 0 saturated carbocycles. The number of anilines is 1. The molecule has 9 heteroatoms. The molecule has 0 N–H and O–H groups in total. The summed E-state index contributed by atoms with van der Waals surface area (Å²) < 4.78 is 27.7. The molecule has 0 spiro atoms. The lowest BCUT2D eigenvalue weighted by molar-refractivity contribution is 0.195. The van der Waals surface area contributed by atoms with Gasteiger partial charge < -0.3 is 14.4 Å². The van der Waals surface area contributed by atoms with Gasteiger partial charge in [-0.15, -0.1) is 5.10 Å². The predicted octanol–water partition coefficient (Wildman–Crippen LogP) is 3.79. The molecule has 0 unspecified atom stereocenters. The number of para-hydroxylation sites is 2. The Bertz CT molecular complexity index is 1080. The number of aryl methyl sites for hydroxylation is 1. The van der Waals surface area contributed by atoms with Gasteiger partial charge in [0.05, 0.1) is 19.9 Å². The van der Waals surface area contributed by atoms with Gasteiger partial charge in [0.15, 0.2) is 17.3 Å². The van der Waals surface area contributed by atoms with Gasteiger partial charge >= 0.3 is 0 Å². The van der Waals surface area contributed by atoms with Crippen molar-refractivity contribution in [1.29, 1.82) is 0 Å². The van der Waals surface area contributed by atoms with Gasteiger partial charge in [0.25, 0.3) is 0 Å². The van der Waals surface area contributed by atoms with Crippen molar-refractivity contribution in [2.24, 2.45) is 5.92 Å². The molecule has 0 bridgehead atoms. The van der Waals surface area contributed by atoms with Crippen molar-refractivity contribution in [3.63, 3.8) is 0 Å². The Kier molecular flexibility index (Phi) is 7.62. The van der Waals surface area contributed by atoms with Crippen molar-refractivity contribution in [1.82, 2.24) is 25.1 Å². The smallest absolute Gasteiger partial charge is 0.173 e. The summed E-state index contributed by atoms with van der Waals surface area (Å²) in [5.41, 5.74) is 1.58. The zero-order valence-corrected chi connectivity index (χ0v) is 20.3. The molecule has 0 amide bonds. The number of methoxy groups -OCH3 is 2. The average molecular weight is 469 g/mol. The number of halogens is 1. The van der Waals surface area contributed by atoms with Crippen LogP contribution in [0.5, 0.6) is 11.5 Å². The lowest BCUT2D eigenvalue weighted by Crippen LogP contribution is -2.48. The van der Waals surface area contributed by atoms with E-state index in [0.29, 0.717) is 36.2 Å². The molecule has 4 rings (SSSR count). The molecule has 1 saturated heterocycles. The SMILES string of the molecule is COc1cccc([C@H](c2nnnn2CCC(C)C)N2CCN(c3ccccc3F)CC2)c1OC. The number of rotatable bonds is 9. The van der Waals surface area contributed by atoms with Crippen molar-refractivity contribution in [2.45, 2.75) is 32.9 Å². The molecule has 0 radical (unpaired) electrons. The Morgan fingerprint density at radius 1 is 0.971 bits per heavy atom. The van der Waals surface area contributed by atoms with Crippen LogP contribution >= 0.6 is 0 Å². The van der Waals surface area contributed by atoms with E-state index >= 15 is 0 Å². The molecule has 1 fully saturated rings. The monoisotopic (exact) mass is 468 g/mol. The van der Waals surface area contributed by atoms with Crippen LogP contribution in [0.3, 0.4) is 0 Å². The summed E-state index contributed by atoms with van der Waals surface area (Å²) in [5.74, 6) is 2.44. The van der Waals surface area contributed by atoms with Crippen LogP contribution in [0.15, 0.2) is 42.5 Å². The van der Waals surface area contributed by atoms with Gasteiger partial charge in [-0.1, -0.05) is 38.1 Å². The largest absolute Gasteiger partial charge is 0.493 e. The Hall–Kier alpha value is -3.20. The molecule has 1 aliphatic rings. The first-order valence-electron chi connectivity index (χ1n) is 11.7. The first-order valence-corrected chi connectivity index (χ1v) is 11.7. The Balaban J connectivity index is 1.68. The minimum Gasteiger partial charge on any atom is -0.493 e. The van der Waals surface area contributed by atoms with Gasteiger partial charge in [-0.3, -0.25) is 4.90 Å². The highest BCUT2D eigenvalue weighted by Crippen LogP contribution is 2.40. The van der Waals surface area contributed by atoms with Gasteiger partial charge in [-0.25, -0.2) is 9.07 Å². The molecule has 1 aliphatic heterocycles. The first-order chi connectivity index (χ1) is 16.5. The zero-order chi connectivity index (χ0) is 24.1. The van der Waals surface area contributed by atoms with E-state index in [1.165, 1.54) is 6.07 Å². The number of piperazine rings is 1. The standard InChI is InChI=1S/C25H33FN6O2/c1-18(2)12-13-32-25(27-28-29-32)23(19-8-7-11-22(33-3)24(19)34-4)31-16-14-30(15-17-31)21-10-6-5-9-20(21)26/h5-11,18,23H,12-17H2,1-4H3/t23-/m1/s1. The van der Waals surface area contributed by atoms with Gasteiger partial charge in [-0.2, -0.15) is 0 Å². The predicted molar refractivity (Wildman–Crippen MR) is 129 cm³/mol. The summed E-state index contributed by atoms with van der Waals surface area (Å²) >= 11 is 0. The van der Waals surface area contributed by atoms with Crippen molar-refractivity contribution in [3.8, 4) is 11.5 Å². The molecule has 34 heavy (non-hydrogen) atoms. The number of ether oxygens (including phenoxy) is 2. The summed E-state index contributed by atoms with van der Waals surface area (Å²) in [6, 6.07) is 12.6. The summed E-state index contributed by atoms with van der Waals surface area (Å²) in [5, 5.41) is 12.8. The molecular weight excluding hydrogens is 435 g/mol. The molecule has 0 aliphatic carbocycles. The summed E-state index contributed by atoms with van der Waals surface area (Å²) in [7, 11) is 3.28. The number of aromatic nitrogens is 4. The maximum atomic E-state index is 14.4. The van der Waals surface area contributed by atoms with Crippen LogP contribution in [0, 0.1) is 11.7 Å². The third-order valence-corrected chi connectivity index (χ3v) is 6.32. The van der Waals surface area contributed by atoms with E-state index in [2.05, 4.69) is 39.2 Å². The van der Waals surface area contributed by atoms with Crippen molar-refractivity contribution >= 4 is 5.69 Å². The highest BCUT2D eigenvalue weighted by molar-refractivity contribution is 5.50. The van der Waals surface area contributed by atoms with Crippen LogP contribution in [0.25, 0.3) is 0 Å². The molecule has 1 aromatic heterocycles. The fraction of sp³-hybridized carbons (Fsp3) is 0.480. The summed E-state index contributed by atoms with van der Waals surface area (Å²) in [4.78, 5) is 4.43. The normalized spacial score (nSPS) is 15.5. The fourth-order valence-electron chi connectivity index (χ4n) is 4.50. The number of hydrogen-bond donors (Lipinski definition) is 0. The molecule has 1 atom stereocenters. The maximum absolute atomic E-state index is 14.4. The zero-order valence-electron chi connectivity index (χ0n) is 20.3. The van der Waals surface area contributed by atoms with E-state index < -0.39 is 0 Å². The number of nitrogens with zero attached hydrogens (tertiary/aromatic N) is 6. The summed E-state index contributed by atoms with van der Waals surface area (Å²) in [6.45, 7) is 7.93. The molecule has 3 aromatic rings. The van der Waals surface area contributed by atoms with Crippen molar-refractivity contribution in [3.05, 3.63) is 59.7 Å². The van der Waals surface area contributed by atoms with E-state index in [4.69, 9.17) is 9.47 Å². The summed E-state index contributed by atoms with van der Waals surface area (Å²) in [6.07, 6.45) is 0.973. The lowest BCUT2D eigenvalue weighted by atomic mass is 10.0. The molecule has 8 nitrogen and oxygen atoms in total. The minimum atomic E-state index is -0.227. The second kappa shape index (κ2) is 10.8. The second-order valence-corrected chi connectivity index (χ2v) is 8.90. The number of benzene rings is 2. The topological polar surface area (TPSA) is 68.5 Å². The first kappa shape index (κ1) is 23.9. The minimum absolute atomic E-state index is 0.195. The highest BCUT2D eigenvalue weighted by Gasteiger charge is 2.33. The highest BCUT2D eigenvalue weighted by atomic mass is 19.1. The van der Waals surface area contributed by atoms with Crippen LogP contribution in [-0.4, -0.2) is 65.5 Å². The third kappa shape index (κ3) is 4.99. The van der Waals surface area contributed by atoms with E-state index in [0.717, 1.165) is 37.4 Å². The van der Waals surface area contributed by atoms with E-state index in [1.54, 1.807) is 20.3 Å². The van der Waals surface area contributed by atoms with E-state index in [1.807, 2.05) is 35.0 Å². The van der Waals surface area contributed by atoms with Crippen LogP contribution in [0.4, 0.5) is 10.1 Å². The van der Waals surface area contributed by atoms with Crippen LogP contribution in [0.2, 0.25) is 0 Å². The van der Waals surface area contributed by atoms with Crippen LogP contribution in [0.1, 0.15) is 37.7 Å². The Morgan fingerprint density at radius 2 is 1.74 bits per heavy atom. The molecule has 2 heterocycles. The number of hydrogen-bond acceptors (Lipinski definition) is 7. The van der Waals surface area contributed by atoms with E-state index in [-0.39, 0.29) is 11.9 Å². The lowest BCUT2D eigenvalue weighted by Gasteiger charge is -2.40. The molecular formula is C25H33FN6O2.